The number of rotatable bonds is 6. The van der Waals surface area contributed by atoms with Gasteiger partial charge in [-0.2, -0.15) is 19.1 Å². The van der Waals surface area contributed by atoms with Gasteiger partial charge in [-0.05, 0) is 37.3 Å². The maximum Gasteiger partial charge on any atom is 0.298 e. The largest absolute Gasteiger partial charge is 0.495 e. The first-order valence-electron chi connectivity index (χ1n) is 12.1. The number of nitrogens with one attached hydrogen (secondary N) is 1. The Kier molecular flexibility index (Phi) is 6.58. The summed E-state index contributed by atoms with van der Waals surface area (Å²) in [6.07, 6.45) is 1.39. The van der Waals surface area contributed by atoms with Gasteiger partial charge < -0.3 is 15.0 Å². The number of carbonyl (C=O) groups excluding carboxylic acids is 2. The second kappa shape index (κ2) is 10.0. The number of aromatic nitrogens is 2. The van der Waals surface area contributed by atoms with Crippen LogP contribution in [0.4, 0.5) is 20.2 Å². The van der Waals surface area contributed by atoms with E-state index in [4.69, 9.17) is 4.74 Å². The van der Waals surface area contributed by atoms with E-state index in [1.54, 1.807) is 18.2 Å². The molecule has 1 N–H and O–H groups in total. The average Bonchev–Trinajstić information content (AvgIpc) is 3.39. The molecule has 8 nitrogen and oxygen atoms in total. The Morgan fingerprint density at radius 3 is 2.46 bits per heavy atom. The zero-order valence-corrected chi connectivity index (χ0v) is 21.1. The molecule has 0 radical (unpaired) electrons. The monoisotopic (exact) mass is 527 g/mol. The highest BCUT2D eigenvalue weighted by Crippen LogP contribution is 2.37. The maximum absolute atomic E-state index is 15.0. The Bertz CT molecular complexity index is 1590. The van der Waals surface area contributed by atoms with Crippen LogP contribution in [0.5, 0.6) is 5.75 Å². The summed E-state index contributed by atoms with van der Waals surface area (Å²) in [6, 6.07) is 19.3. The van der Waals surface area contributed by atoms with E-state index in [1.807, 2.05) is 13.0 Å². The van der Waals surface area contributed by atoms with Crippen molar-refractivity contribution in [2.75, 3.05) is 23.9 Å². The molecule has 4 aromatic rings. The number of halogens is 2. The number of nitrogens with zero attached hydrogens (tertiary/aromatic N) is 4. The highest BCUT2D eigenvalue weighted by molar-refractivity contribution is 6.13. The van der Waals surface area contributed by atoms with Crippen LogP contribution in [0, 0.1) is 11.3 Å². The Hall–Kier alpha value is -5.04. The van der Waals surface area contributed by atoms with Crippen molar-refractivity contribution >= 4 is 23.2 Å². The predicted octanol–water partition coefficient (Wildman–Crippen LogP) is 5.38. The molecule has 0 unspecified atom stereocenters. The lowest BCUT2D eigenvalue weighted by Gasteiger charge is -2.32. The topological polar surface area (TPSA) is 100 Å². The van der Waals surface area contributed by atoms with Crippen molar-refractivity contribution in [2.24, 2.45) is 0 Å². The third-order valence-corrected chi connectivity index (χ3v) is 6.62. The van der Waals surface area contributed by atoms with Crippen molar-refractivity contribution in [1.29, 1.82) is 5.26 Å². The fourth-order valence-electron chi connectivity index (χ4n) is 4.57. The van der Waals surface area contributed by atoms with E-state index in [0.717, 1.165) is 0 Å². The van der Waals surface area contributed by atoms with Gasteiger partial charge in [-0.1, -0.05) is 42.5 Å². The van der Waals surface area contributed by atoms with Crippen molar-refractivity contribution in [3.63, 3.8) is 0 Å². The van der Waals surface area contributed by atoms with E-state index in [2.05, 4.69) is 10.4 Å². The molecule has 0 saturated carbocycles. The number of methoxy groups -OCH3 is 1. The summed E-state index contributed by atoms with van der Waals surface area (Å²) in [5.74, 6) is -3.82. The van der Waals surface area contributed by atoms with Crippen LogP contribution in [0.25, 0.3) is 0 Å². The predicted molar refractivity (Wildman–Crippen MR) is 140 cm³/mol. The minimum atomic E-state index is -3.19. The van der Waals surface area contributed by atoms with Gasteiger partial charge in [0.05, 0.1) is 30.6 Å². The molecule has 1 aliphatic heterocycles. The summed E-state index contributed by atoms with van der Waals surface area (Å²) in [6.45, 7) is 2.13. The highest BCUT2D eigenvalue weighted by Gasteiger charge is 2.36. The summed E-state index contributed by atoms with van der Waals surface area (Å²) >= 11 is 0. The van der Waals surface area contributed by atoms with Crippen molar-refractivity contribution in [1.82, 2.24) is 9.78 Å². The molecule has 5 rings (SSSR count). The molecule has 0 fully saturated rings. The van der Waals surface area contributed by atoms with Gasteiger partial charge in [-0.3, -0.25) is 14.3 Å². The third kappa shape index (κ3) is 4.59. The summed E-state index contributed by atoms with van der Waals surface area (Å²) in [5, 5.41) is 16.3. The van der Waals surface area contributed by atoms with E-state index < -0.39 is 17.7 Å². The molecule has 3 aromatic carbocycles. The zero-order chi connectivity index (χ0) is 27.7. The van der Waals surface area contributed by atoms with Gasteiger partial charge in [0, 0.05) is 28.9 Å². The number of anilines is 2. The van der Waals surface area contributed by atoms with Crippen molar-refractivity contribution in [3.8, 4) is 11.8 Å². The smallest absolute Gasteiger partial charge is 0.298 e. The van der Waals surface area contributed by atoms with Crippen LogP contribution in [0.2, 0.25) is 0 Å². The van der Waals surface area contributed by atoms with Crippen LogP contribution >= 0.6 is 0 Å². The number of fused-ring (bicyclic) bond motifs is 1. The fraction of sp³-hybridized carbons (Fsp3) is 0.172. The number of hydrogen-bond donors (Lipinski definition) is 1. The van der Waals surface area contributed by atoms with Crippen LogP contribution in [-0.2, 0) is 5.92 Å². The lowest BCUT2D eigenvalue weighted by Crippen LogP contribution is -2.43. The van der Waals surface area contributed by atoms with Gasteiger partial charge in [-0.25, -0.2) is 0 Å². The number of nitriles is 1. The van der Waals surface area contributed by atoms with E-state index in [0.29, 0.717) is 11.4 Å². The Balaban J connectivity index is 1.40. The van der Waals surface area contributed by atoms with E-state index in [9.17, 15) is 14.9 Å². The minimum absolute atomic E-state index is 0.122. The molecule has 0 saturated heterocycles. The van der Waals surface area contributed by atoms with Gasteiger partial charge in [-0.15, -0.1) is 0 Å². The average molecular weight is 528 g/mol. The Morgan fingerprint density at radius 2 is 1.79 bits per heavy atom. The van der Waals surface area contributed by atoms with E-state index in [1.165, 1.54) is 77.5 Å². The maximum atomic E-state index is 15.0. The van der Waals surface area contributed by atoms with Crippen molar-refractivity contribution in [3.05, 3.63) is 107 Å². The molecule has 196 valence electrons. The van der Waals surface area contributed by atoms with Crippen molar-refractivity contribution < 1.29 is 23.1 Å². The summed E-state index contributed by atoms with van der Waals surface area (Å²) in [7, 11) is 1.43. The lowest BCUT2D eigenvalue weighted by atomic mass is 10.00. The SMILES string of the molecule is COc1ccc(C(=O)Nc2cnn3c2C(=O)N(c2ccc(C(F)(F)c4ccccc4)cc2)C[C@@H]3C)cc1C#N. The second-order valence-electron chi connectivity index (χ2n) is 9.08. The highest BCUT2D eigenvalue weighted by atomic mass is 19.3. The summed E-state index contributed by atoms with van der Waals surface area (Å²) in [4.78, 5) is 28.0. The molecule has 1 aliphatic rings. The van der Waals surface area contributed by atoms with Crippen LogP contribution in [0.3, 0.4) is 0 Å². The molecular weight excluding hydrogens is 504 g/mol. The normalized spacial score (nSPS) is 14.9. The number of alkyl halides is 2. The number of benzene rings is 3. The summed E-state index contributed by atoms with van der Waals surface area (Å²) < 4.78 is 36.7. The quantitative estimate of drug-likeness (QED) is 0.363. The number of amides is 2. The van der Waals surface area contributed by atoms with Gasteiger partial charge in [0.25, 0.3) is 17.7 Å². The first-order valence-corrected chi connectivity index (χ1v) is 12.1. The van der Waals surface area contributed by atoms with E-state index >= 15 is 8.78 Å². The molecule has 39 heavy (non-hydrogen) atoms. The van der Waals surface area contributed by atoms with Gasteiger partial charge >= 0.3 is 0 Å². The zero-order valence-electron chi connectivity index (χ0n) is 21.1. The third-order valence-electron chi connectivity index (χ3n) is 6.62. The second-order valence-corrected chi connectivity index (χ2v) is 9.08. The molecule has 1 aromatic heterocycles. The standard InChI is InChI=1S/C29H23F2N5O3/c1-18-17-35(23-11-9-22(10-12-23)29(30,31)21-6-4-3-5-7-21)28(38)26-24(16-33-36(18)26)34-27(37)19-8-13-25(39-2)20(14-19)15-32/h3-14,16,18H,17H2,1-2H3,(H,34,37)/t18-/m0/s1. The van der Waals surface area contributed by atoms with Crippen LogP contribution in [-0.4, -0.2) is 35.2 Å². The van der Waals surface area contributed by atoms with Crippen LogP contribution in [0.15, 0.2) is 79.0 Å². The fourth-order valence-corrected chi connectivity index (χ4v) is 4.57. The van der Waals surface area contributed by atoms with Crippen molar-refractivity contribution in [2.45, 2.75) is 18.9 Å². The Labute approximate surface area is 223 Å². The Morgan fingerprint density at radius 1 is 1.10 bits per heavy atom. The van der Waals surface area contributed by atoms with Crippen LogP contribution in [0.1, 0.15) is 50.5 Å². The molecule has 10 heteroatoms. The molecule has 2 heterocycles. The van der Waals surface area contributed by atoms with Crippen LogP contribution < -0.4 is 15.0 Å². The first-order chi connectivity index (χ1) is 18.7. The van der Waals surface area contributed by atoms with E-state index in [-0.39, 0.29) is 46.2 Å². The molecule has 2 amide bonds. The summed E-state index contributed by atoms with van der Waals surface area (Å²) in [5.41, 5.74) is 0.887. The molecule has 0 aliphatic carbocycles. The van der Waals surface area contributed by atoms with Gasteiger partial charge in [0.2, 0.25) is 0 Å². The lowest BCUT2D eigenvalue weighted by molar-refractivity contribution is 0.0428. The number of carbonyl (C=O) groups is 2. The van der Waals surface area contributed by atoms with Gasteiger partial charge in [0.15, 0.2) is 5.69 Å². The number of ether oxygens (including phenoxy) is 1. The minimum Gasteiger partial charge on any atom is -0.495 e. The molecular formula is C29H23F2N5O3. The molecule has 0 spiro atoms. The first kappa shape index (κ1) is 25.6. The molecule has 1 atom stereocenters. The van der Waals surface area contributed by atoms with Gasteiger partial charge in [0.1, 0.15) is 11.8 Å². The molecule has 0 bridgehead atoms. The number of hydrogen-bond acceptors (Lipinski definition) is 5.